The summed E-state index contributed by atoms with van der Waals surface area (Å²) in [5.41, 5.74) is 0. The minimum absolute atomic E-state index is 1.03. The molecule has 0 heterocycles. The molecule has 0 aromatic heterocycles. The highest BCUT2D eigenvalue weighted by atomic mass is 14.2. The maximum Gasteiger partial charge on any atom is -0.0412 e. The molecule has 0 nitrogen and oxygen atoms in total. The Morgan fingerprint density at radius 2 is 2.11 bits per heavy atom. The summed E-state index contributed by atoms with van der Waals surface area (Å²) in [6.45, 7) is 4.68. The van der Waals surface area contributed by atoms with Crippen LogP contribution in [-0.4, -0.2) is 0 Å². The van der Waals surface area contributed by atoms with Crippen LogP contribution in [0.3, 0.4) is 0 Å². The molecule has 0 aromatic carbocycles. The van der Waals surface area contributed by atoms with E-state index in [2.05, 4.69) is 13.8 Å². The lowest BCUT2D eigenvalue weighted by Crippen LogP contribution is -1.92. The predicted octanol–water partition coefficient (Wildman–Crippen LogP) is 3.22. The first-order valence-corrected chi connectivity index (χ1v) is 4.33. The summed E-state index contributed by atoms with van der Waals surface area (Å²) < 4.78 is 0. The maximum atomic E-state index is 2.38. The zero-order valence-electron chi connectivity index (χ0n) is 6.69. The van der Waals surface area contributed by atoms with E-state index in [0.717, 1.165) is 11.8 Å². The van der Waals surface area contributed by atoms with E-state index in [1.54, 1.807) is 0 Å². The van der Waals surface area contributed by atoms with Gasteiger partial charge in [0.15, 0.2) is 0 Å². The molecule has 54 valence electrons. The third-order valence-corrected chi connectivity index (χ3v) is 2.50. The van der Waals surface area contributed by atoms with Crippen molar-refractivity contribution in [3.8, 4) is 0 Å². The monoisotopic (exact) mass is 126 g/mol. The third kappa shape index (κ3) is 2.00. The molecule has 0 aromatic rings. The molecule has 0 amide bonds. The fourth-order valence-electron chi connectivity index (χ4n) is 2.00. The van der Waals surface area contributed by atoms with Crippen molar-refractivity contribution < 1.29 is 0 Å². The first-order valence-electron chi connectivity index (χ1n) is 4.33. The van der Waals surface area contributed by atoms with Gasteiger partial charge in [0.1, 0.15) is 0 Å². The number of hydrogen-bond acceptors (Lipinski definition) is 0. The molecule has 1 rings (SSSR count). The van der Waals surface area contributed by atoms with E-state index in [0.29, 0.717) is 0 Å². The van der Waals surface area contributed by atoms with Gasteiger partial charge < -0.3 is 0 Å². The molecule has 1 fully saturated rings. The number of rotatable bonds is 2. The fourth-order valence-corrected chi connectivity index (χ4v) is 2.00. The van der Waals surface area contributed by atoms with Crippen molar-refractivity contribution in [3.05, 3.63) is 0 Å². The van der Waals surface area contributed by atoms with Crippen LogP contribution in [0.5, 0.6) is 0 Å². The smallest absolute Gasteiger partial charge is 0.0412 e. The second-order valence-electron chi connectivity index (χ2n) is 3.57. The van der Waals surface area contributed by atoms with E-state index in [1.807, 2.05) is 0 Å². The molecule has 0 heteroatoms. The molecule has 0 unspecified atom stereocenters. The van der Waals surface area contributed by atoms with Gasteiger partial charge in [-0.05, 0) is 18.3 Å². The SMILES string of the molecule is CCC[C@@H]1CC[C@@H](C)C1. The first-order chi connectivity index (χ1) is 4.33. The number of hydrogen-bond donors (Lipinski definition) is 0. The maximum absolute atomic E-state index is 2.38. The van der Waals surface area contributed by atoms with Gasteiger partial charge in [0, 0.05) is 0 Å². The molecular weight excluding hydrogens is 108 g/mol. The quantitative estimate of drug-likeness (QED) is 0.533. The zero-order chi connectivity index (χ0) is 6.69. The van der Waals surface area contributed by atoms with Gasteiger partial charge in [0.2, 0.25) is 0 Å². The average molecular weight is 126 g/mol. The van der Waals surface area contributed by atoms with Crippen LogP contribution in [0, 0.1) is 11.8 Å². The zero-order valence-corrected chi connectivity index (χ0v) is 6.69. The van der Waals surface area contributed by atoms with Gasteiger partial charge in [-0.15, -0.1) is 0 Å². The molecule has 1 aliphatic carbocycles. The summed E-state index contributed by atoms with van der Waals surface area (Å²) in [5, 5.41) is 0. The van der Waals surface area contributed by atoms with Crippen molar-refractivity contribution in [2.24, 2.45) is 11.8 Å². The van der Waals surface area contributed by atoms with E-state index in [9.17, 15) is 0 Å². The molecule has 1 saturated carbocycles. The lowest BCUT2D eigenvalue weighted by Gasteiger charge is -2.05. The average Bonchev–Trinajstić information content (AvgIpc) is 2.17. The van der Waals surface area contributed by atoms with Crippen LogP contribution < -0.4 is 0 Å². The van der Waals surface area contributed by atoms with Gasteiger partial charge in [-0.1, -0.05) is 39.5 Å². The highest BCUT2D eigenvalue weighted by Gasteiger charge is 2.19. The Kier molecular flexibility index (Phi) is 2.56. The Hall–Kier alpha value is 0. The lowest BCUT2D eigenvalue weighted by atomic mass is 10.0. The van der Waals surface area contributed by atoms with E-state index in [4.69, 9.17) is 0 Å². The van der Waals surface area contributed by atoms with Gasteiger partial charge in [-0.2, -0.15) is 0 Å². The van der Waals surface area contributed by atoms with Gasteiger partial charge in [-0.25, -0.2) is 0 Å². The van der Waals surface area contributed by atoms with Crippen LogP contribution in [0.1, 0.15) is 46.0 Å². The second kappa shape index (κ2) is 3.24. The fraction of sp³-hybridized carbons (Fsp3) is 1.00. The van der Waals surface area contributed by atoms with Crippen LogP contribution in [0.4, 0.5) is 0 Å². The van der Waals surface area contributed by atoms with Crippen LogP contribution in [0.2, 0.25) is 0 Å². The summed E-state index contributed by atoms with van der Waals surface area (Å²) >= 11 is 0. The Labute approximate surface area is 58.7 Å². The highest BCUT2D eigenvalue weighted by molar-refractivity contribution is 4.71. The van der Waals surface area contributed by atoms with Crippen molar-refractivity contribution in [1.29, 1.82) is 0 Å². The Bertz CT molecular complexity index is 74.1. The second-order valence-corrected chi connectivity index (χ2v) is 3.57. The van der Waals surface area contributed by atoms with E-state index in [-0.39, 0.29) is 0 Å². The minimum atomic E-state index is 1.03. The standard InChI is InChI=1S/C9H18/c1-3-4-9-6-5-8(2)7-9/h8-9H,3-7H2,1-2H3/t8-,9-/m1/s1. The van der Waals surface area contributed by atoms with Gasteiger partial charge in [0.25, 0.3) is 0 Å². The molecule has 1 aliphatic rings. The van der Waals surface area contributed by atoms with E-state index >= 15 is 0 Å². The molecule has 9 heavy (non-hydrogen) atoms. The third-order valence-electron chi connectivity index (χ3n) is 2.50. The summed E-state index contributed by atoms with van der Waals surface area (Å²) in [6, 6.07) is 0. The Morgan fingerprint density at radius 1 is 1.33 bits per heavy atom. The molecule has 0 spiro atoms. The van der Waals surface area contributed by atoms with Crippen molar-refractivity contribution in [2.45, 2.75) is 46.0 Å². The van der Waals surface area contributed by atoms with Crippen LogP contribution >= 0.6 is 0 Å². The topological polar surface area (TPSA) is 0 Å². The summed E-state index contributed by atoms with van der Waals surface area (Å²) in [7, 11) is 0. The van der Waals surface area contributed by atoms with Crippen LogP contribution in [0.15, 0.2) is 0 Å². The normalized spacial score (nSPS) is 35.3. The molecule has 0 N–H and O–H groups in total. The van der Waals surface area contributed by atoms with Crippen LogP contribution in [0.25, 0.3) is 0 Å². The molecule has 0 bridgehead atoms. The molecule has 0 radical (unpaired) electrons. The Balaban J connectivity index is 2.14. The van der Waals surface area contributed by atoms with Crippen molar-refractivity contribution >= 4 is 0 Å². The summed E-state index contributed by atoms with van der Waals surface area (Å²) in [6.07, 6.45) is 7.37. The summed E-state index contributed by atoms with van der Waals surface area (Å²) in [5.74, 6) is 2.12. The van der Waals surface area contributed by atoms with Crippen molar-refractivity contribution in [1.82, 2.24) is 0 Å². The van der Waals surface area contributed by atoms with E-state index < -0.39 is 0 Å². The Morgan fingerprint density at radius 3 is 2.56 bits per heavy atom. The molecule has 2 atom stereocenters. The first kappa shape index (κ1) is 7.11. The largest absolute Gasteiger partial charge is 0.0654 e. The van der Waals surface area contributed by atoms with Crippen molar-refractivity contribution in [3.63, 3.8) is 0 Å². The molecule has 0 saturated heterocycles. The van der Waals surface area contributed by atoms with E-state index in [1.165, 1.54) is 32.1 Å². The molecular formula is C9H18. The summed E-state index contributed by atoms with van der Waals surface area (Å²) in [4.78, 5) is 0. The highest BCUT2D eigenvalue weighted by Crippen LogP contribution is 2.32. The minimum Gasteiger partial charge on any atom is -0.0654 e. The predicted molar refractivity (Wildman–Crippen MR) is 41.4 cm³/mol. The lowest BCUT2D eigenvalue weighted by molar-refractivity contribution is 0.474. The van der Waals surface area contributed by atoms with Crippen molar-refractivity contribution in [2.75, 3.05) is 0 Å². The van der Waals surface area contributed by atoms with Gasteiger partial charge in [-0.3, -0.25) is 0 Å². The van der Waals surface area contributed by atoms with Crippen LogP contribution in [-0.2, 0) is 0 Å². The van der Waals surface area contributed by atoms with Gasteiger partial charge >= 0.3 is 0 Å². The molecule has 0 aliphatic heterocycles. The van der Waals surface area contributed by atoms with Gasteiger partial charge in [0.05, 0.1) is 0 Å².